The van der Waals surface area contributed by atoms with Gasteiger partial charge < -0.3 is 22.1 Å². The van der Waals surface area contributed by atoms with Gasteiger partial charge in [0.25, 0.3) is 5.91 Å². The molecule has 0 aliphatic heterocycles. The smallest absolute Gasteiger partial charge is 0.254 e. The maximum absolute atomic E-state index is 11.9. The van der Waals surface area contributed by atoms with E-state index in [2.05, 4.69) is 25.6 Å². The van der Waals surface area contributed by atoms with E-state index in [1.54, 1.807) is 6.20 Å². The number of benzene rings is 1. The minimum Gasteiger partial charge on any atom is -0.365 e. The minimum atomic E-state index is -0.592. The molecule has 3 aromatic rings. The number of anilines is 3. The Balaban J connectivity index is 1.55. The monoisotopic (exact) mass is 403 g/mol. The number of carbonyl (C=O) groups is 1. The van der Waals surface area contributed by atoms with Crippen LogP contribution in [0.1, 0.15) is 36.0 Å². The topological polar surface area (TPSA) is 132 Å². The highest BCUT2D eigenvalue weighted by Crippen LogP contribution is 2.25. The number of nitrogens with one attached hydrogen (secondary N) is 2. The zero-order chi connectivity index (χ0) is 20.9. The average Bonchev–Trinajstić information content (AvgIpc) is 2.76. The third kappa shape index (κ3) is 4.55. The average molecular weight is 403 g/mol. The molecule has 8 nitrogen and oxygen atoms in total. The molecule has 2 heterocycles. The van der Waals surface area contributed by atoms with E-state index in [1.807, 2.05) is 42.6 Å². The Kier molecular flexibility index (Phi) is 5.85. The second-order valence-electron chi connectivity index (χ2n) is 7.46. The third-order valence-corrected chi connectivity index (χ3v) is 5.33. The van der Waals surface area contributed by atoms with Gasteiger partial charge in [-0.15, -0.1) is 0 Å². The van der Waals surface area contributed by atoms with Crippen molar-refractivity contribution in [3.8, 4) is 11.1 Å². The predicted molar refractivity (Wildman–Crippen MR) is 117 cm³/mol. The number of hydrogen-bond acceptors (Lipinski definition) is 7. The van der Waals surface area contributed by atoms with Crippen molar-refractivity contribution in [1.82, 2.24) is 15.0 Å². The molecule has 6 N–H and O–H groups in total. The second-order valence-corrected chi connectivity index (χ2v) is 7.46. The first-order chi connectivity index (χ1) is 14.6. The molecule has 1 aliphatic carbocycles. The van der Waals surface area contributed by atoms with Crippen LogP contribution in [0.2, 0.25) is 0 Å². The van der Waals surface area contributed by atoms with Crippen LogP contribution in [0.4, 0.5) is 17.5 Å². The number of rotatable bonds is 6. The second kappa shape index (κ2) is 8.87. The summed E-state index contributed by atoms with van der Waals surface area (Å²) in [5.74, 6) is 0.195. The van der Waals surface area contributed by atoms with E-state index in [0.29, 0.717) is 11.8 Å². The summed E-state index contributed by atoms with van der Waals surface area (Å²) in [4.78, 5) is 24.8. The van der Waals surface area contributed by atoms with Crippen molar-refractivity contribution in [3.63, 3.8) is 0 Å². The molecule has 0 saturated heterocycles. The molecular weight excluding hydrogens is 378 g/mol. The molecule has 2 unspecified atom stereocenters. The molecule has 2 aromatic heterocycles. The zero-order valence-electron chi connectivity index (χ0n) is 16.6. The van der Waals surface area contributed by atoms with Gasteiger partial charge in [0.2, 0.25) is 5.95 Å². The third-order valence-electron chi connectivity index (χ3n) is 5.33. The summed E-state index contributed by atoms with van der Waals surface area (Å²) in [7, 11) is 0. The minimum absolute atomic E-state index is 0.0644. The first-order valence-electron chi connectivity index (χ1n) is 10.1. The molecule has 30 heavy (non-hydrogen) atoms. The number of amides is 1. The van der Waals surface area contributed by atoms with E-state index in [1.165, 1.54) is 6.20 Å². The number of carbonyl (C=O) groups excluding carboxylic acids is 1. The van der Waals surface area contributed by atoms with Crippen LogP contribution in [-0.4, -0.2) is 32.9 Å². The molecule has 0 bridgehead atoms. The van der Waals surface area contributed by atoms with Crippen molar-refractivity contribution in [2.75, 3.05) is 10.6 Å². The van der Waals surface area contributed by atoms with Crippen molar-refractivity contribution in [1.29, 1.82) is 0 Å². The normalized spacial score (nSPS) is 18.6. The van der Waals surface area contributed by atoms with Gasteiger partial charge in [-0.1, -0.05) is 31.0 Å². The van der Waals surface area contributed by atoms with Gasteiger partial charge in [-0.25, -0.2) is 4.98 Å². The van der Waals surface area contributed by atoms with Gasteiger partial charge in [0.05, 0.1) is 0 Å². The Labute approximate surface area is 175 Å². The van der Waals surface area contributed by atoms with E-state index in [0.717, 1.165) is 42.5 Å². The molecular formula is C22H25N7O. The number of hydrogen-bond donors (Lipinski definition) is 4. The van der Waals surface area contributed by atoms with E-state index >= 15 is 0 Å². The molecule has 0 radical (unpaired) electrons. The summed E-state index contributed by atoms with van der Waals surface area (Å²) in [6.45, 7) is 0. The largest absolute Gasteiger partial charge is 0.365 e. The highest BCUT2D eigenvalue weighted by Gasteiger charge is 2.23. The van der Waals surface area contributed by atoms with Crippen LogP contribution >= 0.6 is 0 Å². The zero-order valence-corrected chi connectivity index (χ0v) is 16.6. The lowest BCUT2D eigenvalue weighted by atomic mass is 9.91. The first kappa shape index (κ1) is 19.8. The van der Waals surface area contributed by atoms with E-state index in [-0.39, 0.29) is 17.6 Å². The maximum atomic E-state index is 11.9. The number of aromatic nitrogens is 3. The molecule has 8 heteroatoms. The number of nitrogens with zero attached hydrogens (tertiary/aromatic N) is 3. The summed E-state index contributed by atoms with van der Waals surface area (Å²) < 4.78 is 0. The van der Waals surface area contributed by atoms with Crippen LogP contribution in [0, 0.1) is 0 Å². The molecule has 1 aliphatic rings. The quantitative estimate of drug-likeness (QED) is 0.497. The number of pyridine rings is 1. The first-order valence-corrected chi connectivity index (χ1v) is 10.1. The molecule has 0 spiro atoms. The van der Waals surface area contributed by atoms with Crippen LogP contribution in [0.3, 0.4) is 0 Å². The van der Waals surface area contributed by atoms with Gasteiger partial charge in [0.1, 0.15) is 11.4 Å². The lowest BCUT2D eigenvalue weighted by Gasteiger charge is -2.29. The molecule has 1 fully saturated rings. The van der Waals surface area contributed by atoms with Crippen molar-refractivity contribution >= 4 is 23.4 Å². The van der Waals surface area contributed by atoms with Gasteiger partial charge >= 0.3 is 0 Å². The maximum Gasteiger partial charge on any atom is 0.254 e. The van der Waals surface area contributed by atoms with Crippen LogP contribution in [0.15, 0.2) is 55.0 Å². The van der Waals surface area contributed by atoms with Crippen molar-refractivity contribution < 1.29 is 4.79 Å². The molecule has 154 valence electrons. The summed E-state index contributed by atoms with van der Waals surface area (Å²) in [6.07, 6.45) is 9.21. The standard InChI is InChI=1S/C22H25N7O/c23-18-5-1-2-6-19(18)28-22-26-13-17(20(24)30)21(29-22)27-16-9-7-14(8-10-16)15-4-3-11-25-12-15/h3-4,7-13,18-19H,1-2,5-6,23H2,(H2,24,30)(H2,26,27,28,29). The number of nitrogens with two attached hydrogens (primary N) is 2. The fraction of sp³-hybridized carbons (Fsp3) is 0.273. The lowest BCUT2D eigenvalue weighted by Crippen LogP contribution is -2.43. The Hall–Kier alpha value is -3.52. The van der Waals surface area contributed by atoms with E-state index < -0.39 is 5.91 Å². The van der Waals surface area contributed by atoms with Gasteiger partial charge in [0, 0.05) is 36.4 Å². The Morgan fingerprint density at radius 1 is 1.03 bits per heavy atom. The van der Waals surface area contributed by atoms with Gasteiger partial charge in [-0.05, 0) is 42.2 Å². The van der Waals surface area contributed by atoms with Crippen LogP contribution < -0.4 is 22.1 Å². The molecule has 1 aromatic carbocycles. The van der Waals surface area contributed by atoms with Crippen molar-refractivity contribution in [2.45, 2.75) is 37.8 Å². The lowest BCUT2D eigenvalue weighted by molar-refractivity contribution is 0.100. The van der Waals surface area contributed by atoms with Crippen LogP contribution in [0.25, 0.3) is 11.1 Å². The van der Waals surface area contributed by atoms with E-state index in [4.69, 9.17) is 11.5 Å². The highest BCUT2D eigenvalue weighted by atomic mass is 16.1. The van der Waals surface area contributed by atoms with Gasteiger partial charge in [-0.3, -0.25) is 9.78 Å². The fourth-order valence-corrected chi connectivity index (χ4v) is 3.65. The molecule has 2 atom stereocenters. The predicted octanol–water partition coefficient (Wildman–Crippen LogP) is 3.06. The molecule has 1 amide bonds. The summed E-state index contributed by atoms with van der Waals surface area (Å²) >= 11 is 0. The van der Waals surface area contributed by atoms with Crippen LogP contribution in [-0.2, 0) is 0 Å². The summed E-state index contributed by atoms with van der Waals surface area (Å²) in [5, 5.41) is 6.49. The number of primary amides is 1. The summed E-state index contributed by atoms with van der Waals surface area (Å²) in [5.41, 5.74) is 14.8. The Morgan fingerprint density at radius 3 is 2.53 bits per heavy atom. The highest BCUT2D eigenvalue weighted by molar-refractivity contribution is 5.98. The Morgan fingerprint density at radius 2 is 1.83 bits per heavy atom. The SMILES string of the molecule is NC(=O)c1cnc(NC2CCCCC2N)nc1Nc1ccc(-c2cccnc2)cc1. The Bertz CT molecular complexity index is 1010. The molecule has 1 saturated carbocycles. The van der Waals surface area contributed by atoms with Gasteiger partial charge in [0.15, 0.2) is 0 Å². The fourth-order valence-electron chi connectivity index (χ4n) is 3.65. The molecule has 4 rings (SSSR count). The van der Waals surface area contributed by atoms with Crippen molar-refractivity contribution in [2.24, 2.45) is 11.5 Å². The van der Waals surface area contributed by atoms with Crippen LogP contribution in [0.5, 0.6) is 0 Å². The van der Waals surface area contributed by atoms with Crippen molar-refractivity contribution in [3.05, 3.63) is 60.6 Å². The van der Waals surface area contributed by atoms with Gasteiger partial charge in [-0.2, -0.15) is 4.98 Å². The van der Waals surface area contributed by atoms with E-state index in [9.17, 15) is 4.79 Å². The summed E-state index contributed by atoms with van der Waals surface area (Å²) in [6, 6.07) is 11.9.